The van der Waals surface area contributed by atoms with Crippen molar-refractivity contribution in [3.63, 3.8) is 0 Å². The van der Waals surface area contributed by atoms with E-state index in [0.717, 1.165) is 30.2 Å². The van der Waals surface area contributed by atoms with Crippen molar-refractivity contribution in [2.24, 2.45) is 0 Å². The zero-order valence-corrected chi connectivity index (χ0v) is 17.7. The van der Waals surface area contributed by atoms with E-state index >= 15 is 0 Å². The third-order valence-electron chi connectivity index (χ3n) is 5.14. The maximum Gasteiger partial charge on any atom is 0.349 e. The molecule has 0 bridgehead atoms. The van der Waals surface area contributed by atoms with E-state index in [1.807, 2.05) is 0 Å². The number of nitrogens with one attached hydrogen (secondary N) is 1. The minimum atomic E-state index is -0.713. The second-order valence-corrected chi connectivity index (χ2v) is 8.24. The molecule has 6 nitrogen and oxygen atoms in total. The molecule has 0 aliphatic heterocycles. The van der Waals surface area contributed by atoms with Crippen LogP contribution in [0.4, 0.5) is 5.69 Å². The predicted octanol–water partition coefficient (Wildman–Crippen LogP) is 5.30. The van der Waals surface area contributed by atoms with Gasteiger partial charge in [-0.15, -0.1) is 0 Å². The summed E-state index contributed by atoms with van der Waals surface area (Å²) in [6.07, 6.45) is 5.16. The van der Waals surface area contributed by atoms with E-state index in [4.69, 9.17) is 9.15 Å². The fourth-order valence-electron chi connectivity index (χ4n) is 3.54. The number of carbonyl (C=O) groups is 2. The minimum absolute atomic E-state index is 0.0159. The molecule has 1 aromatic heterocycles. The molecule has 1 aliphatic rings. The summed E-state index contributed by atoms with van der Waals surface area (Å²) in [6, 6.07) is 13.1. The molecule has 1 aliphatic carbocycles. The maximum absolute atomic E-state index is 12.6. The third kappa shape index (κ3) is 4.62. The van der Waals surface area contributed by atoms with E-state index in [-0.39, 0.29) is 17.6 Å². The lowest BCUT2D eigenvalue weighted by molar-refractivity contribution is 0.0211. The molecule has 1 saturated carbocycles. The van der Waals surface area contributed by atoms with Gasteiger partial charge in [0.2, 0.25) is 0 Å². The van der Waals surface area contributed by atoms with E-state index in [0.29, 0.717) is 22.2 Å². The van der Waals surface area contributed by atoms with Crippen LogP contribution in [0.25, 0.3) is 11.0 Å². The van der Waals surface area contributed by atoms with Gasteiger partial charge in [0.05, 0.1) is 5.56 Å². The Bertz CT molecular complexity index is 1150. The van der Waals surface area contributed by atoms with Crippen LogP contribution < -0.4 is 10.9 Å². The number of ether oxygens (including phenoxy) is 1. The number of carbonyl (C=O) groups excluding carboxylic acids is 2. The Hall–Kier alpha value is -2.93. The van der Waals surface area contributed by atoms with Gasteiger partial charge in [-0.1, -0.05) is 22.4 Å². The van der Waals surface area contributed by atoms with Crippen molar-refractivity contribution in [1.82, 2.24) is 0 Å². The smallest absolute Gasteiger partial charge is 0.349 e. The SMILES string of the molecule is O=C(OC1CCCCC1)c1ccc(NC(=O)c2cc3cc(Br)ccc3oc2=O)cc1. The van der Waals surface area contributed by atoms with Gasteiger partial charge in [-0.25, -0.2) is 9.59 Å². The highest BCUT2D eigenvalue weighted by Gasteiger charge is 2.19. The molecule has 4 rings (SSSR count). The first-order chi connectivity index (χ1) is 14.5. The average Bonchev–Trinajstić information content (AvgIpc) is 2.74. The Balaban J connectivity index is 1.46. The fourth-order valence-corrected chi connectivity index (χ4v) is 3.92. The normalized spacial score (nSPS) is 14.4. The monoisotopic (exact) mass is 469 g/mol. The van der Waals surface area contributed by atoms with Gasteiger partial charge in [0.1, 0.15) is 17.3 Å². The number of hydrogen-bond acceptors (Lipinski definition) is 5. The summed E-state index contributed by atoms with van der Waals surface area (Å²) in [7, 11) is 0. The lowest BCUT2D eigenvalue weighted by Gasteiger charge is -2.21. The van der Waals surface area contributed by atoms with Crippen LogP contribution in [0.5, 0.6) is 0 Å². The van der Waals surface area contributed by atoms with Gasteiger partial charge >= 0.3 is 11.6 Å². The highest BCUT2D eigenvalue weighted by molar-refractivity contribution is 9.10. The van der Waals surface area contributed by atoms with Gasteiger partial charge in [0.15, 0.2) is 0 Å². The number of hydrogen-bond donors (Lipinski definition) is 1. The Kier molecular flexibility index (Phi) is 5.99. The van der Waals surface area contributed by atoms with Crippen LogP contribution >= 0.6 is 15.9 Å². The Labute approximate surface area is 181 Å². The topological polar surface area (TPSA) is 85.6 Å². The van der Waals surface area contributed by atoms with E-state index in [9.17, 15) is 14.4 Å². The lowest BCUT2D eigenvalue weighted by Crippen LogP contribution is -2.21. The number of anilines is 1. The fraction of sp³-hybridized carbons (Fsp3) is 0.261. The molecule has 0 spiro atoms. The van der Waals surface area contributed by atoms with Crippen molar-refractivity contribution in [2.45, 2.75) is 38.2 Å². The number of esters is 1. The Morgan fingerprint density at radius 3 is 2.47 bits per heavy atom. The van der Waals surface area contributed by atoms with Gasteiger partial charge in [0, 0.05) is 15.5 Å². The highest BCUT2D eigenvalue weighted by atomic mass is 79.9. The minimum Gasteiger partial charge on any atom is -0.459 e. The second-order valence-electron chi connectivity index (χ2n) is 7.33. The predicted molar refractivity (Wildman–Crippen MR) is 117 cm³/mol. The van der Waals surface area contributed by atoms with Gasteiger partial charge in [-0.05, 0) is 74.2 Å². The molecule has 30 heavy (non-hydrogen) atoms. The molecule has 0 radical (unpaired) electrons. The lowest BCUT2D eigenvalue weighted by atomic mass is 9.98. The summed E-state index contributed by atoms with van der Waals surface area (Å²) in [5, 5.41) is 3.30. The Morgan fingerprint density at radius 2 is 1.73 bits per heavy atom. The zero-order valence-electron chi connectivity index (χ0n) is 16.2. The van der Waals surface area contributed by atoms with Gasteiger partial charge in [0.25, 0.3) is 5.91 Å². The molecule has 0 saturated heterocycles. The number of benzene rings is 2. The van der Waals surface area contributed by atoms with Crippen molar-refractivity contribution < 1.29 is 18.7 Å². The molecule has 1 fully saturated rings. The quantitative estimate of drug-likeness (QED) is 0.413. The van der Waals surface area contributed by atoms with Crippen LogP contribution in [0.1, 0.15) is 52.8 Å². The molecule has 1 N–H and O–H groups in total. The summed E-state index contributed by atoms with van der Waals surface area (Å²) in [4.78, 5) is 37.0. The number of fused-ring (bicyclic) bond motifs is 1. The number of halogens is 1. The molecule has 0 unspecified atom stereocenters. The maximum atomic E-state index is 12.6. The van der Waals surface area contributed by atoms with Gasteiger partial charge < -0.3 is 14.5 Å². The molecular weight excluding hydrogens is 450 g/mol. The Morgan fingerprint density at radius 1 is 1.00 bits per heavy atom. The largest absolute Gasteiger partial charge is 0.459 e. The number of amides is 1. The molecule has 7 heteroatoms. The summed E-state index contributed by atoms with van der Waals surface area (Å²) in [5.41, 5.74) is 0.480. The first-order valence-corrected chi connectivity index (χ1v) is 10.6. The van der Waals surface area contributed by atoms with Crippen LogP contribution in [0.15, 0.2) is 62.2 Å². The van der Waals surface area contributed by atoms with Crippen LogP contribution in [-0.2, 0) is 4.74 Å². The first-order valence-electron chi connectivity index (χ1n) is 9.85. The second kappa shape index (κ2) is 8.83. The van der Waals surface area contributed by atoms with Gasteiger partial charge in [-0.2, -0.15) is 0 Å². The van der Waals surface area contributed by atoms with Crippen LogP contribution in [-0.4, -0.2) is 18.0 Å². The van der Waals surface area contributed by atoms with Gasteiger partial charge in [-0.3, -0.25) is 4.79 Å². The average molecular weight is 470 g/mol. The standard InChI is InChI=1S/C23H20BrNO5/c24-16-8-11-20-15(12-16)13-19(23(28)30-20)21(26)25-17-9-6-14(7-10-17)22(27)29-18-4-2-1-3-5-18/h6-13,18H,1-5H2,(H,25,26). The van der Waals surface area contributed by atoms with E-state index in [1.54, 1.807) is 42.5 Å². The summed E-state index contributed by atoms with van der Waals surface area (Å²) >= 11 is 3.36. The van der Waals surface area contributed by atoms with Crippen LogP contribution in [0.3, 0.4) is 0 Å². The summed E-state index contributed by atoms with van der Waals surface area (Å²) < 4.78 is 11.6. The molecule has 154 valence electrons. The van der Waals surface area contributed by atoms with E-state index < -0.39 is 11.5 Å². The molecular formula is C23H20BrNO5. The molecule has 1 amide bonds. The first kappa shape index (κ1) is 20.3. The molecule has 0 atom stereocenters. The van der Waals surface area contributed by atoms with Crippen LogP contribution in [0, 0.1) is 0 Å². The third-order valence-corrected chi connectivity index (χ3v) is 5.64. The van der Waals surface area contributed by atoms with E-state index in [2.05, 4.69) is 21.2 Å². The van der Waals surface area contributed by atoms with Crippen LogP contribution in [0.2, 0.25) is 0 Å². The molecule has 3 aromatic rings. The van der Waals surface area contributed by atoms with Crippen molar-refractivity contribution in [2.75, 3.05) is 5.32 Å². The van der Waals surface area contributed by atoms with Crippen molar-refractivity contribution in [3.05, 3.63) is 74.6 Å². The summed E-state index contributed by atoms with van der Waals surface area (Å²) in [5.74, 6) is -0.941. The summed E-state index contributed by atoms with van der Waals surface area (Å²) in [6.45, 7) is 0. The van der Waals surface area contributed by atoms with Crippen molar-refractivity contribution >= 4 is 44.5 Å². The zero-order chi connectivity index (χ0) is 21.1. The molecule has 2 aromatic carbocycles. The number of rotatable bonds is 4. The van der Waals surface area contributed by atoms with Crippen molar-refractivity contribution in [1.29, 1.82) is 0 Å². The van der Waals surface area contributed by atoms with E-state index in [1.165, 1.54) is 12.5 Å². The molecule has 1 heterocycles. The van der Waals surface area contributed by atoms with Crippen molar-refractivity contribution in [3.8, 4) is 0 Å². The highest BCUT2D eigenvalue weighted by Crippen LogP contribution is 2.22.